The minimum absolute atomic E-state index is 0.0481. The molecule has 0 fully saturated rings. The minimum Gasteiger partial charge on any atom is -0.399 e. The zero-order chi connectivity index (χ0) is 17.9. The summed E-state index contributed by atoms with van der Waals surface area (Å²) in [5.41, 5.74) is 10.8. The molecule has 1 heterocycles. The number of carbonyl (C=O) groups excluding carboxylic acids is 1. The number of nitrogen functional groups attached to an aromatic ring is 1. The molecule has 0 aliphatic heterocycles. The first-order valence-electron chi connectivity index (χ1n) is 8.62. The van der Waals surface area contributed by atoms with Crippen LogP contribution in [0.3, 0.4) is 0 Å². The number of nitrogens with zero attached hydrogens (tertiary/aromatic N) is 1. The molecule has 0 saturated carbocycles. The first-order valence-corrected chi connectivity index (χ1v) is 8.62. The summed E-state index contributed by atoms with van der Waals surface area (Å²) in [6.45, 7) is 0. The van der Waals surface area contributed by atoms with Gasteiger partial charge in [-0.1, -0.05) is 54.6 Å². The van der Waals surface area contributed by atoms with Gasteiger partial charge in [-0.05, 0) is 36.6 Å². The van der Waals surface area contributed by atoms with Crippen LogP contribution in [0.4, 0.5) is 5.69 Å². The van der Waals surface area contributed by atoms with Gasteiger partial charge in [0, 0.05) is 27.9 Å². The smallest absolute Gasteiger partial charge is 0.193 e. The summed E-state index contributed by atoms with van der Waals surface area (Å²) in [4.78, 5) is 12.7. The number of hydrogen-bond acceptors (Lipinski definition) is 3. The van der Waals surface area contributed by atoms with E-state index >= 15 is 0 Å². The van der Waals surface area contributed by atoms with Gasteiger partial charge in [0.25, 0.3) is 0 Å². The van der Waals surface area contributed by atoms with Gasteiger partial charge in [-0.2, -0.15) is 5.10 Å². The Bertz CT molecular complexity index is 1070. The predicted octanol–water partition coefficient (Wildman–Crippen LogP) is 4.16. The third-order valence-electron chi connectivity index (χ3n) is 4.55. The van der Waals surface area contributed by atoms with Gasteiger partial charge in [0.15, 0.2) is 5.78 Å². The Labute approximate surface area is 151 Å². The Kier molecular flexibility index (Phi) is 4.23. The number of benzene rings is 3. The highest BCUT2D eigenvalue weighted by Gasteiger charge is 2.12. The molecule has 4 aromatic rings. The molecule has 0 aliphatic rings. The van der Waals surface area contributed by atoms with Crippen molar-refractivity contribution in [2.24, 2.45) is 0 Å². The van der Waals surface area contributed by atoms with Crippen LogP contribution in [0, 0.1) is 0 Å². The summed E-state index contributed by atoms with van der Waals surface area (Å²) in [5, 5.41) is 8.56. The number of aromatic nitrogens is 2. The van der Waals surface area contributed by atoms with E-state index in [2.05, 4.69) is 34.5 Å². The van der Waals surface area contributed by atoms with Crippen LogP contribution in [0.2, 0.25) is 0 Å². The predicted molar refractivity (Wildman–Crippen MR) is 104 cm³/mol. The molecule has 128 valence electrons. The highest BCUT2D eigenvalue weighted by molar-refractivity contribution is 6.10. The SMILES string of the molecule is Nc1cccc(C(=O)c2ccc3c(CCc4ccccc4)[nH]nc3c2)c1. The highest BCUT2D eigenvalue weighted by Crippen LogP contribution is 2.21. The number of rotatable bonds is 5. The standard InChI is InChI=1S/C22H19N3O/c23-18-8-4-7-16(13-18)22(26)17-10-11-19-20(24-25-21(19)14-17)12-9-15-5-2-1-3-6-15/h1-8,10-11,13-14H,9,12,23H2,(H,24,25). The summed E-state index contributed by atoms with van der Waals surface area (Å²) in [5.74, 6) is -0.0481. The summed E-state index contributed by atoms with van der Waals surface area (Å²) in [6.07, 6.45) is 1.82. The first-order chi connectivity index (χ1) is 12.7. The molecule has 4 heteroatoms. The van der Waals surface area contributed by atoms with E-state index in [4.69, 9.17) is 5.73 Å². The van der Waals surface area contributed by atoms with E-state index in [-0.39, 0.29) is 5.78 Å². The van der Waals surface area contributed by atoms with Gasteiger partial charge in [-0.3, -0.25) is 9.89 Å². The van der Waals surface area contributed by atoms with Gasteiger partial charge in [-0.25, -0.2) is 0 Å². The maximum atomic E-state index is 12.7. The van der Waals surface area contributed by atoms with Crippen LogP contribution in [0.15, 0.2) is 72.8 Å². The van der Waals surface area contributed by atoms with E-state index < -0.39 is 0 Å². The second kappa shape index (κ2) is 6.84. The van der Waals surface area contributed by atoms with E-state index in [1.54, 1.807) is 24.3 Å². The molecule has 4 nitrogen and oxygen atoms in total. The third kappa shape index (κ3) is 3.22. The number of nitrogens with one attached hydrogen (secondary N) is 1. The Morgan fingerprint density at radius 3 is 2.50 bits per heavy atom. The normalized spacial score (nSPS) is 10.9. The summed E-state index contributed by atoms with van der Waals surface area (Å²) >= 11 is 0. The molecule has 0 aliphatic carbocycles. The van der Waals surface area contributed by atoms with Gasteiger partial charge in [0.2, 0.25) is 0 Å². The molecule has 0 spiro atoms. The van der Waals surface area contributed by atoms with Crippen LogP contribution in [-0.2, 0) is 12.8 Å². The van der Waals surface area contributed by atoms with Crippen LogP contribution >= 0.6 is 0 Å². The fourth-order valence-corrected chi connectivity index (χ4v) is 3.16. The number of fused-ring (bicyclic) bond motifs is 1. The monoisotopic (exact) mass is 341 g/mol. The Morgan fingerprint density at radius 2 is 1.69 bits per heavy atom. The van der Waals surface area contributed by atoms with Crippen LogP contribution in [0.25, 0.3) is 10.9 Å². The van der Waals surface area contributed by atoms with Crippen LogP contribution in [-0.4, -0.2) is 16.0 Å². The maximum absolute atomic E-state index is 12.7. The lowest BCUT2D eigenvalue weighted by Gasteiger charge is -2.03. The van der Waals surface area contributed by atoms with E-state index in [1.165, 1.54) is 5.56 Å². The number of aryl methyl sites for hydroxylation is 2. The molecule has 3 aromatic carbocycles. The highest BCUT2D eigenvalue weighted by atomic mass is 16.1. The molecular formula is C22H19N3O. The Balaban J connectivity index is 1.58. The van der Waals surface area contributed by atoms with Gasteiger partial charge in [-0.15, -0.1) is 0 Å². The van der Waals surface area contributed by atoms with Crippen molar-refractivity contribution in [3.05, 3.63) is 95.2 Å². The number of carbonyl (C=O) groups is 1. The first kappa shape index (κ1) is 16.1. The summed E-state index contributed by atoms with van der Waals surface area (Å²) in [6, 6.07) is 23.1. The van der Waals surface area contributed by atoms with Crippen molar-refractivity contribution in [3.8, 4) is 0 Å². The minimum atomic E-state index is -0.0481. The molecule has 0 radical (unpaired) electrons. The lowest BCUT2D eigenvalue weighted by molar-refractivity contribution is 0.103. The second-order valence-corrected chi connectivity index (χ2v) is 6.37. The molecular weight excluding hydrogens is 322 g/mol. The van der Waals surface area contributed by atoms with Crippen molar-refractivity contribution < 1.29 is 4.79 Å². The fourth-order valence-electron chi connectivity index (χ4n) is 3.16. The summed E-state index contributed by atoms with van der Waals surface area (Å²) < 4.78 is 0. The molecule has 26 heavy (non-hydrogen) atoms. The number of nitrogens with two attached hydrogens (primary N) is 1. The molecule has 3 N–H and O–H groups in total. The molecule has 0 bridgehead atoms. The van der Waals surface area contributed by atoms with Crippen molar-refractivity contribution in [1.29, 1.82) is 0 Å². The average molecular weight is 341 g/mol. The molecule has 4 rings (SSSR count). The number of ketones is 1. The topological polar surface area (TPSA) is 71.8 Å². The fraction of sp³-hybridized carbons (Fsp3) is 0.0909. The van der Waals surface area contributed by atoms with Gasteiger partial charge in [0.1, 0.15) is 0 Å². The van der Waals surface area contributed by atoms with E-state index in [0.29, 0.717) is 16.8 Å². The number of anilines is 1. The maximum Gasteiger partial charge on any atom is 0.193 e. The third-order valence-corrected chi connectivity index (χ3v) is 4.55. The zero-order valence-corrected chi connectivity index (χ0v) is 14.3. The second-order valence-electron chi connectivity index (χ2n) is 6.37. The van der Waals surface area contributed by atoms with Crippen LogP contribution in [0.5, 0.6) is 0 Å². The Hall–Kier alpha value is -3.40. The van der Waals surface area contributed by atoms with Crippen LogP contribution in [0.1, 0.15) is 27.2 Å². The molecule has 0 unspecified atom stereocenters. The van der Waals surface area contributed by atoms with Crippen LogP contribution < -0.4 is 5.73 Å². The van der Waals surface area contributed by atoms with Crippen molar-refractivity contribution >= 4 is 22.4 Å². The number of hydrogen-bond donors (Lipinski definition) is 2. The lowest BCUT2D eigenvalue weighted by Crippen LogP contribution is -2.02. The molecule has 1 aromatic heterocycles. The van der Waals surface area contributed by atoms with Gasteiger partial charge >= 0.3 is 0 Å². The van der Waals surface area contributed by atoms with Gasteiger partial charge in [0.05, 0.1) is 5.52 Å². The summed E-state index contributed by atoms with van der Waals surface area (Å²) in [7, 11) is 0. The van der Waals surface area contributed by atoms with Crippen molar-refractivity contribution in [1.82, 2.24) is 10.2 Å². The van der Waals surface area contributed by atoms with E-state index in [9.17, 15) is 4.79 Å². The largest absolute Gasteiger partial charge is 0.399 e. The van der Waals surface area contributed by atoms with E-state index in [0.717, 1.165) is 29.4 Å². The number of H-pyrrole nitrogens is 1. The average Bonchev–Trinajstić information content (AvgIpc) is 3.09. The van der Waals surface area contributed by atoms with Crippen molar-refractivity contribution in [2.75, 3.05) is 5.73 Å². The van der Waals surface area contributed by atoms with Crippen molar-refractivity contribution in [2.45, 2.75) is 12.8 Å². The quantitative estimate of drug-likeness (QED) is 0.423. The molecule has 0 saturated heterocycles. The van der Waals surface area contributed by atoms with Gasteiger partial charge < -0.3 is 5.73 Å². The Morgan fingerprint density at radius 1 is 0.885 bits per heavy atom. The van der Waals surface area contributed by atoms with E-state index in [1.807, 2.05) is 24.3 Å². The molecule has 0 amide bonds. The zero-order valence-electron chi connectivity index (χ0n) is 14.3. The lowest BCUT2D eigenvalue weighted by atomic mass is 10.0. The molecule has 0 atom stereocenters. The van der Waals surface area contributed by atoms with Crippen molar-refractivity contribution in [3.63, 3.8) is 0 Å². The number of aromatic amines is 1.